The van der Waals surface area contributed by atoms with Crippen LogP contribution >= 0.6 is 31.9 Å². The van der Waals surface area contributed by atoms with Gasteiger partial charge in [-0.3, -0.25) is 0 Å². The van der Waals surface area contributed by atoms with Crippen LogP contribution in [0.15, 0.2) is 21.1 Å². The first kappa shape index (κ1) is 21.7. The van der Waals surface area contributed by atoms with E-state index in [0.29, 0.717) is 26.4 Å². The highest BCUT2D eigenvalue weighted by Gasteiger charge is 2.09. The minimum atomic E-state index is 0.528. The summed E-state index contributed by atoms with van der Waals surface area (Å²) in [6.07, 6.45) is 4.46. The van der Waals surface area contributed by atoms with Crippen LogP contribution < -0.4 is 9.47 Å². The van der Waals surface area contributed by atoms with Crippen LogP contribution in [0.4, 0.5) is 0 Å². The van der Waals surface area contributed by atoms with E-state index in [4.69, 9.17) is 18.9 Å². The van der Waals surface area contributed by atoms with E-state index in [1.54, 1.807) is 0 Å². The van der Waals surface area contributed by atoms with Gasteiger partial charge in [0.15, 0.2) is 0 Å². The van der Waals surface area contributed by atoms with Gasteiger partial charge in [0.2, 0.25) is 0 Å². The number of ether oxygens (including phenoxy) is 4. The lowest BCUT2D eigenvalue weighted by molar-refractivity contribution is 0.0964. The Morgan fingerprint density at radius 1 is 0.667 bits per heavy atom. The summed E-state index contributed by atoms with van der Waals surface area (Å²) in [5, 5.41) is 0. The molecule has 1 aromatic carbocycles. The molecule has 0 bridgehead atoms. The van der Waals surface area contributed by atoms with Crippen molar-refractivity contribution in [1.29, 1.82) is 0 Å². The van der Waals surface area contributed by atoms with Gasteiger partial charge >= 0.3 is 0 Å². The number of benzene rings is 1. The Labute approximate surface area is 162 Å². The first-order valence-electron chi connectivity index (χ1n) is 8.59. The van der Waals surface area contributed by atoms with Gasteiger partial charge in [0.1, 0.15) is 24.7 Å². The molecule has 0 radical (unpaired) electrons. The lowest BCUT2D eigenvalue weighted by atomic mass is 10.3. The summed E-state index contributed by atoms with van der Waals surface area (Å²) >= 11 is 7.04. The Morgan fingerprint density at radius 3 is 1.46 bits per heavy atom. The third kappa shape index (κ3) is 9.25. The highest BCUT2D eigenvalue weighted by Crippen LogP contribution is 2.36. The second-order valence-corrected chi connectivity index (χ2v) is 7.05. The molecule has 1 aromatic rings. The maximum atomic E-state index is 5.74. The third-order valence-corrected chi connectivity index (χ3v) is 4.48. The van der Waals surface area contributed by atoms with Gasteiger partial charge in [0.05, 0.1) is 22.2 Å². The molecule has 24 heavy (non-hydrogen) atoms. The molecule has 0 spiro atoms. The number of unbranched alkanes of at least 4 members (excludes halogenated alkanes) is 2. The van der Waals surface area contributed by atoms with Crippen LogP contribution in [0, 0.1) is 0 Å². The molecule has 0 saturated heterocycles. The Morgan fingerprint density at radius 2 is 1.08 bits per heavy atom. The molecule has 0 aromatic heterocycles. The van der Waals surface area contributed by atoms with Gasteiger partial charge in [-0.25, -0.2) is 0 Å². The zero-order valence-corrected chi connectivity index (χ0v) is 17.8. The van der Waals surface area contributed by atoms with Crippen molar-refractivity contribution in [3.05, 3.63) is 21.1 Å². The number of rotatable bonds is 14. The molecule has 0 heterocycles. The van der Waals surface area contributed by atoms with Crippen LogP contribution in [0.1, 0.15) is 39.5 Å². The molecule has 4 nitrogen and oxygen atoms in total. The predicted molar refractivity (Wildman–Crippen MR) is 104 cm³/mol. The van der Waals surface area contributed by atoms with Crippen molar-refractivity contribution in [3.63, 3.8) is 0 Å². The Kier molecular flexibility index (Phi) is 12.6. The minimum absolute atomic E-state index is 0.528. The number of hydrogen-bond acceptors (Lipinski definition) is 4. The van der Waals surface area contributed by atoms with Gasteiger partial charge in [-0.1, -0.05) is 26.7 Å². The Bertz CT molecular complexity index is 413. The lowest BCUT2D eigenvalue weighted by Crippen LogP contribution is -2.09. The minimum Gasteiger partial charge on any atom is -0.490 e. The topological polar surface area (TPSA) is 36.9 Å². The van der Waals surface area contributed by atoms with Crippen molar-refractivity contribution in [3.8, 4) is 11.5 Å². The molecule has 0 unspecified atom stereocenters. The molecule has 0 aliphatic heterocycles. The van der Waals surface area contributed by atoms with Crippen molar-refractivity contribution in [2.75, 3.05) is 39.6 Å². The first-order chi connectivity index (χ1) is 11.7. The molecule has 0 aliphatic rings. The van der Waals surface area contributed by atoms with Crippen LogP contribution in [-0.4, -0.2) is 39.6 Å². The zero-order valence-electron chi connectivity index (χ0n) is 14.6. The van der Waals surface area contributed by atoms with Gasteiger partial charge in [0.25, 0.3) is 0 Å². The fourth-order valence-electron chi connectivity index (χ4n) is 1.85. The van der Waals surface area contributed by atoms with E-state index in [9.17, 15) is 0 Å². The van der Waals surface area contributed by atoms with E-state index in [1.165, 1.54) is 0 Å². The molecule has 1 rings (SSSR count). The molecular formula is C18H28Br2O4. The van der Waals surface area contributed by atoms with E-state index in [-0.39, 0.29) is 0 Å². The summed E-state index contributed by atoms with van der Waals surface area (Å²) in [6.45, 7) is 8.12. The fourth-order valence-corrected chi connectivity index (χ4v) is 2.72. The van der Waals surface area contributed by atoms with E-state index in [0.717, 1.165) is 59.3 Å². The number of halogens is 2. The maximum absolute atomic E-state index is 5.74. The molecule has 0 atom stereocenters. The standard InChI is InChI=1S/C18H28Br2O4/c1-3-5-7-21-9-11-23-17-13-16(20)18(14-15(17)19)24-12-10-22-8-6-4-2/h13-14H,3-12H2,1-2H3. The van der Waals surface area contributed by atoms with Crippen LogP contribution in [-0.2, 0) is 9.47 Å². The predicted octanol–water partition coefficient (Wildman–Crippen LogP) is 5.60. The molecule has 138 valence electrons. The van der Waals surface area contributed by atoms with Crippen LogP contribution in [0.3, 0.4) is 0 Å². The van der Waals surface area contributed by atoms with Crippen LogP contribution in [0.2, 0.25) is 0 Å². The average Bonchev–Trinajstić information content (AvgIpc) is 2.57. The Hall–Kier alpha value is -0.300. The largest absolute Gasteiger partial charge is 0.490 e. The lowest BCUT2D eigenvalue weighted by Gasteiger charge is -2.13. The quantitative estimate of drug-likeness (QED) is 0.333. The van der Waals surface area contributed by atoms with E-state index in [2.05, 4.69) is 45.7 Å². The monoisotopic (exact) mass is 466 g/mol. The van der Waals surface area contributed by atoms with Gasteiger partial charge < -0.3 is 18.9 Å². The van der Waals surface area contributed by atoms with Gasteiger partial charge in [-0.15, -0.1) is 0 Å². The van der Waals surface area contributed by atoms with Gasteiger partial charge in [-0.2, -0.15) is 0 Å². The summed E-state index contributed by atoms with van der Waals surface area (Å²) < 4.78 is 24.2. The SMILES string of the molecule is CCCCOCCOc1cc(Br)c(OCCOCCCC)cc1Br. The molecule has 0 N–H and O–H groups in total. The third-order valence-electron chi connectivity index (χ3n) is 3.24. The summed E-state index contributed by atoms with van der Waals surface area (Å²) in [5.41, 5.74) is 0. The molecular weight excluding hydrogens is 440 g/mol. The van der Waals surface area contributed by atoms with E-state index < -0.39 is 0 Å². The second-order valence-electron chi connectivity index (χ2n) is 5.34. The summed E-state index contributed by atoms with van der Waals surface area (Å²) in [5.74, 6) is 1.54. The first-order valence-corrected chi connectivity index (χ1v) is 10.2. The van der Waals surface area contributed by atoms with Crippen molar-refractivity contribution in [2.24, 2.45) is 0 Å². The summed E-state index contributed by atoms with van der Waals surface area (Å²) in [7, 11) is 0. The molecule has 6 heteroatoms. The van der Waals surface area contributed by atoms with Crippen LogP contribution in [0.25, 0.3) is 0 Å². The van der Waals surface area contributed by atoms with E-state index >= 15 is 0 Å². The molecule has 0 aliphatic carbocycles. The van der Waals surface area contributed by atoms with E-state index in [1.807, 2.05) is 12.1 Å². The zero-order chi connectivity index (χ0) is 17.6. The Balaban J connectivity index is 2.33. The summed E-state index contributed by atoms with van der Waals surface area (Å²) in [4.78, 5) is 0. The highest BCUT2D eigenvalue weighted by molar-refractivity contribution is 9.11. The highest BCUT2D eigenvalue weighted by atomic mass is 79.9. The normalized spacial score (nSPS) is 10.8. The second kappa shape index (κ2) is 13.9. The van der Waals surface area contributed by atoms with Crippen molar-refractivity contribution in [1.82, 2.24) is 0 Å². The van der Waals surface area contributed by atoms with Gasteiger partial charge in [-0.05, 0) is 56.8 Å². The summed E-state index contributed by atoms with van der Waals surface area (Å²) in [6, 6.07) is 3.81. The van der Waals surface area contributed by atoms with Crippen molar-refractivity contribution >= 4 is 31.9 Å². The van der Waals surface area contributed by atoms with Crippen molar-refractivity contribution in [2.45, 2.75) is 39.5 Å². The van der Waals surface area contributed by atoms with Crippen molar-refractivity contribution < 1.29 is 18.9 Å². The fraction of sp³-hybridized carbons (Fsp3) is 0.667. The van der Waals surface area contributed by atoms with Gasteiger partial charge in [0, 0.05) is 13.2 Å². The smallest absolute Gasteiger partial charge is 0.134 e. The number of hydrogen-bond donors (Lipinski definition) is 0. The average molecular weight is 468 g/mol. The molecule has 0 fully saturated rings. The van der Waals surface area contributed by atoms with Crippen LogP contribution in [0.5, 0.6) is 11.5 Å². The molecule has 0 saturated carbocycles. The maximum Gasteiger partial charge on any atom is 0.134 e. The molecule has 0 amide bonds.